The summed E-state index contributed by atoms with van der Waals surface area (Å²) >= 11 is 0. The Morgan fingerprint density at radius 3 is 2.50 bits per heavy atom. The number of hydrogen-bond donors (Lipinski definition) is 1. The Morgan fingerprint density at radius 1 is 1.20 bits per heavy atom. The van der Waals surface area contributed by atoms with Gasteiger partial charge in [0.2, 0.25) is 5.88 Å². The van der Waals surface area contributed by atoms with Crippen molar-refractivity contribution in [3.63, 3.8) is 0 Å². The number of carbonyl (C=O) groups is 1. The summed E-state index contributed by atoms with van der Waals surface area (Å²) in [5.74, 6) is -2.24. The van der Waals surface area contributed by atoms with E-state index in [1.54, 1.807) is 37.3 Å². The first kappa shape index (κ1) is 21.0. The Kier molecular flexibility index (Phi) is 5.83. The Bertz CT molecular complexity index is 1070. The van der Waals surface area contributed by atoms with Crippen molar-refractivity contribution >= 4 is 11.7 Å². The molecule has 1 atom stereocenters. The van der Waals surface area contributed by atoms with Crippen LogP contribution in [0.1, 0.15) is 29.5 Å². The second-order valence-corrected chi connectivity index (χ2v) is 6.38. The first-order valence-corrected chi connectivity index (χ1v) is 8.99. The second-order valence-electron chi connectivity index (χ2n) is 6.38. The summed E-state index contributed by atoms with van der Waals surface area (Å²) in [7, 11) is 0. The molecule has 1 heterocycles. The molecule has 0 saturated carbocycles. The number of rotatable bonds is 4. The van der Waals surface area contributed by atoms with Gasteiger partial charge in [0, 0.05) is 5.56 Å². The summed E-state index contributed by atoms with van der Waals surface area (Å²) in [5, 5.41) is 9.64. The molecule has 0 saturated heterocycles. The van der Waals surface area contributed by atoms with Crippen LogP contribution >= 0.6 is 0 Å². The highest BCUT2D eigenvalue weighted by atomic mass is 19.4. The summed E-state index contributed by atoms with van der Waals surface area (Å²) in [6.07, 6.45) is -4.60. The molecule has 8 heteroatoms. The first-order valence-electron chi connectivity index (χ1n) is 8.99. The van der Waals surface area contributed by atoms with Crippen LogP contribution in [-0.2, 0) is 20.4 Å². The Hall–Kier alpha value is -3.73. The minimum atomic E-state index is -4.60. The number of esters is 1. The van der Waals surface area contributed by atoms with Crippen LogP contribution in [0.4, 0.5) is 13.2 Å². The average Bonchev–Trinajstić information content (AvgIpc) is 2.73. The van der Waals surface area contributed by atoms with Gasteiger partial charge in [-0.2, -0.15) is 18.4 Å². The number of halogens is 3. The number of allylic oxidation sites excluding steroid dienone is 1. The lowest BCUT2D eigenvalue weighted by atomic mass is 9.81. The maximum atomic E-state index is 13.3. The number of benzene rings is 2. The van der Waals surface area contributed by atoms with E-state index in [1.165, 1.54) is 12.1 Å². The molecule has 30 heavy (non-hydrogen) atoms. The van der Waals surface area contributed by atoms with Crippen molar-refractivity contribution in [3.8, 4) is 6.07 Å². The van der Waals surface area contributed by atoms with Crippen LogP contribution in [0, 0.1) is 11.3 Å². The molecule has 0 aromatic heterocycles. The molecule has 154 valence electrons. The van der Waals surface area contributed by atoms with Gasteiger partial charge in [-0.15, -0.1) is 0 Å². The number of nitriles is 1. The normalized spacial score (nSPS) is 16.7. The maximum absolute atomic E-state index is 13.3. The van der Waals surface area contributed by atoms with E-state index in [1.807, 2.05) is 6.07 Å². The van der Waals surface area contributed by atoms with Crippen LogP contribution in [-0.4, -0.2) is 12.6 Å². The lowest BCUT2D eigenvalue weighted by molar-refractivity contribution is -0.139. The number of alkyl halides is 3. The molecule has 3 rings (SSSR count). The molecule has 2 aromatic rings. The molecule has 2 N–H and O–H groups in total. The van der Waals surface area contributed by atoms with Crippen LogP contribution in [0.5, 0.6) is 0 Å². The summed E-state index contributed by atoms with van der Waals surface area (Å²) in [4.78, 5) is 12.9. The van der Waals surface area contributed by atoms with E-state index in [9.17, 15) is 23.2 Å². The number of hydrogen-bond acceptors (Lipinski definition) is 5. The molecule has 0 aliphatic carbocycles. The number of carbonyl (C=O) groups excluding carboxylic acids is 1. The fourth-order valence-electron chi connectivity index (χ4n) is 3.21. The molecule has 5 nitrogen and oxygen atoms in total. The quantitative estimate of drug-likeness (QED) is 0.746. The zero-order chi connectivity index (χ0) is 21.9. The molecule has 1 aliphatic rings. The summed E-state index contributed by atoms with van der Waals surface area (Å²) in [6, 6.07) is 14.7. The third-order valence-electron chi connectivity index (χ3n) is 4.50. The molecular formula is C22H17F3N2O3. The van der Waals surface area contributed by atoms with Crippen molar-refractivity contribution in [3.05, 3.63) is 88.3 Å². The van der Waals surface area contributed by atoms with E-state index in [0.29, 0.717) is 5.56 Å². The lowest BCUT2D eigenvalue weighted by Crippen LogP contribution is -2.26. The third kappa shape index (κ3) is 4.01. The molecule has 0 fully saturated rings. The van der Waals surface area contributed by atoms with E-state index in [4.69, 9.17) is 15.2 Å². The van der Waals surface area contributed by atoms with Crippen LogP contribution < -0.4 is 5.73 Å². The smallest absolute Gasteiger partial charge is 0.416 e. The van der Waals surface area contributed by atoms with Gasteiger partial charge in [0.05, 0.1) is 23.7 Å². The molecular weight excluding hydrogens is 397 g/mol. The number of ether oxygens (including phenoxy) is 2. The fraction of sp³-hybridized carbons (Fsp3) is 0.182. The van der Waals surface area contributed by atoms with Gasteiger partial charge in [-0.25, -0.2) is 4.79 Å². The van der Waals surface area contributed by atoms with Gasteiger partial charge < -0.3 is 15.2 Å². The van der Waals surface area contributed by atoms with Crippen LogP contribution in [0.3, 0.4) is 0 Å². The van der Waals surface area contributed by atoms with Crippen molar-refractivity contribution in [1.29, 1.82) is 5.26 Å². The summed E-state index contributed by atoms with van der Waals surface area (Å²) in [6.45, 7) is 1.62. The Morgan fingerprint density at radius 2 is 1.90 bits per heavy atom. The highest BCUT2D eigenvalue weighted by molar-refractivity contribution is 5.99. The standard InChI is InChI=1S/C22H17F3N2O3/c1-2-29-21(28)18-17(14-9-6-10-15(11-14)22(23,24)25)16(12-26)20(27)30-19(18)13-7-4-3-5-8-13/h3-11,17H,2,27H2,1H3. The highest BCUT2D eigenvalue weighted by Crippen LogP contribution is 2.43. The van der Waals surface area contributed by atoms with Crippen LogP contribution in [0.25, 0.3) is 5.76 Å². The minimum absolute atomic E-state index is 0.0286. The van der Waals surface area contributed by atoms with Gasteiger partial charge in [-0.3, -0.25) is 0 Å². The Balaban J connectivity index is 2.29. The SMILES string of the molecule is CCOC(=O)C1=C(c2ccccc2)OC(N)=C(C#N)C1c1cccc(C(F)(F)F)c1. The van der Waals surface area contributed by atoms with Crippen molar-refractivity contribution in [1.82, 2.24) is 0 Å². The molecule has 0 amide bonds. The predicted molar refractivity (Wildman–Crippen MR) is 102 cm³/mol. The lowest BCUT2D eigenvalue weighted by Gasteiger charge is -2.28. The van der Waals surface area contributed by atoms with E-state index < -0.39 is 23.6 Å². The van der Waals surface area contributed by atoms with Crippen molar-refractivity contribution in [2.75, 3.05) is 6.61 Å². The van der Waals surface area contributed by atoms with Gasteiger partial charge in [0.15, 0.2) is 0 Å². The largest absolute Gasteiger partial charge is 0.463 e. The number of nitrogens with zero attached hydrogens (tertiary/aromatic N) is 1. The number of nitrogens with two attached hydrogens (primary N) is 1. The second kappa shape index (κ2) is 8.33. The van der Waals surface area contributed by atoms with E-state index >= 15 is 0 Å². The van der Waals surface area contributed by atoms with Gasteiger partial charge in [-0.1, -0.05) is 48.5 Å². The molecule has 0 radical (unpaired) electrons. The third-order valence-corrected chi connectivity index (χ3v) is 4.50. The van der Waals surface area contributed by atoms with Crippen molar-refractivity contribution in [2.45, 2.75) is 19.0 Å². The van der Waals surface area contributed by atoms with Crippen molar-refractivity contribution < 1.29 is 27.4 Å². The monoisotopic (exact) mass is 414 g/mol. The van der Waals surface area contributed by atoms with E-state index in [-0.39, 0.29) is 35.0 Å². The zero-order valence-corrected chi connectivity index (χ0v) is 15.9. The Labute approximate surface area is 170 Å². The zero-order valence-electron chi connectivity index (χ0n) is 15.9. The van der Waals surface area contributed by atoms with E-state index in [2.05, 4.69) is 0 Å². The van der Waals surface area contributed by atoms with Crippen molar-refractivity contribution in [2.24, 2.45) is 5.73 Å². The first-order chi connectivity index (χ1) is 14.3. The fourth-order valence-corrected chi connectivity index (χ4v) is 3.21. The minimum Gasteiger partial charge on any atom is -0.463 e. The van der Waals surface area contributed by atoms with Crippen LogP contribution in [0.2, 0.25) is 0 Å². The molecule has 1 aliphatic heterocycles. The highest BCUT2D eigenvalue weighted by Gasteiger charge is 2.39. The van der Waals surface area contributed by atoms with Crippen LogP contribution in [0.15, 0.2) is 71.6 Å². The van der Waals surface area contributed by atoms with Gasteiger partial charge >= 0.3 is 12.1 Å². The summed E-state index contributed by atoms with van der Waals surface area (Å²) in [5.41, 5.74) is 5.31. The molecule has 0 bridgehead atoms. The maximum Gasteiger partial charge on any atom is 0.416 e. The summed E-state index contributed by atoms with van der Waals surface area (Å²) < 4.78 is 50.6. The molecule has 1 unspecified atom stereocenters. The predicted octanol–water partition coefficient (Wildman–Crippen LogP) is 4.49. The molecule has 2 aromatic carbocycles. The van der Waals surface area contributed by atoms with E-state index in [0.717, 1.165) is 12.1 Å². The van der Waals surface area contributed by atoms with Gasteiger partial charge in [0.1, 0.15) is 17.4 Å². The molecule has 0 spiro atoms. The topological polar surface area (TPSA) is 85.3 Å². The van der Waals surface area contributed by atoms with Gasteiger partial charge in [0.25, 0.3) is 0 Å². The average molecular weight is 414 g/mol. The van der Waals surface area contributed by atoms with Gasteiger partial charge in [-0.05, 0) is 18.6 Å².